The van der Waals surface area contributed by atoms with Gasteiger partial charge in [0.2, 0.25) is 0 Å². The normalized spacial score (nSPS) is 20.1. The van der Waals surface area contributed by atoms with Crippen LogP contribution in [0.2, 0.25) is 0 Å². The second-order valence-electron chi connectivity index (χ2n) is 6.98. The number of halogens is 1. The molecule has 0 aliphatic carbocycles. The number of piperidine rings is 1. The molecule has 20 heavy (non-hydrogen) atoms. The molecule has 1 aromatic rings. The fraction of sp³-hybridized carbons (Fsp3) is 0.647. The summed E-state index contributed by atoms with van der Waals surface area (Å²) in [4.78, 5) is 2.61. The van der Waals surface area contributed by atoms with E-state index in [1.807, 2.05) is 0 Å². The van der Waals surface area contributed by atoms with Gasteiger partial charge in [0, 0.05) is 22.0 Å². The van der Waals surface area contributed by atoms with E-state index in [2.05, 4.69) is 78.2 Å². The van der Waals surface area contributed by atoms with Gasteiger partial charge in [-0.2, -0.15) is 0 Å². The number of nitrogens with one attached hydrogen (secondary N) is 1. The molecule has 0 atom stereocenters. The van der Waals surface area contributed by atoms with Crippen LogP contribution in [-0.4, -0.2) is 37.1 Å². The van der Waals surface area contributed by atoms with Crippen LogP contribution in [0.15, 0.2) is 28.7 Å². The number of benzene rings is 1. The van der Waals surface area contributed by atoms with Gasteiger partial charge in [-0.05, 0) is 71.4 Å². The van der Waals surface area contributed by atoms with Gasteiger partial charge in [-0.15, -0.1) is 0 Å². The third-order valence-electron chi connectivity index (χ3n) is 4.64. The van der Waals surface area contributed by atoms with Gasteiger partial charge in [0.25, 0.3) is 0 Å². The molecule has 3 heteroatoms. The van der Waals surface area contributed by atoms with Crippen LogP contribution in [0.1, 0.15) is 39.2 Å². The predicted octanol–water partition coefficient (Wildman–Crippen LogP) is 3.80. The van der Waals surface area contributed by atoms with Gasteiger partial charge < -0.3 is 5.32 Å². The lowest BCUT2D eigenvalue weighted by Gasteiger charge is -2.47. The van der Waals surface area contributed by atoms with E-state index in [4.69, 9.17) is 0 Å². The molecule has 1 saturated heterocycles. The Morgan fingerprint density at radius 3 is 2.15 bits per heavy atom. The summed E-state index contributed by atoms with van der Waals surface area (Å²) >= 11 is 3.54. The van der Waals surface area contributed by atoms with Crippen LogP contribution in [0.3, 0.4) is 0 Å². The van der Waals surface area contributed by atoms with Crippen molar-refractivity contribution in [3.05, 3.63) is 34.3 Å². The molecule has 2 nitrogen and oxygen atoms in total. The average Bonchev–Trinajstić information content (AvgIpc) is 2.39. The van der Waals surface area contributed by atoms with Crippen molar-refractivity contribution in [3.8, 4) is 0 Å². The number of likely N-dealkylation sites (N-methyl/N-ethyl adjacent to an activating group) is 1. The molecule has 1 heterocycles. The SMILES string of the molecule is CNCC1(c2ccc(Br)cc2)CCN(C(C)(C)C)CC1. The molecule has 0 aromatic heterocycles. The summed E-state index contributed by atoms with van der Waals surface area (Å²) in [7, 11) is 2.07. The van der Waals surface area contributed by atoms with Crippen molar-refractivity contribution >= 4 is 15.9 Å². The molecule has 0 amide bonds. The number of hydrogen-bond donors (Lipinski definition) is 1. The highest BCUT2D eigenvalue weighted by Gasteiger charge is 2.38. The van der Waals surface area contributed by atoms with Gasteiger partial charge in [0.15, 0.2) is 0 Å². The fourth-order valence-corrected chi connectivity index (χ4v) is 3.58. The number of nitrogens with zero attached hydrogens (tertiary/aromatic N) is 1. The van der Waals surface area contributed by atoms with Crippen LogP contribution in [0.5, 0.6) is 0 Å². The zero-order valence-corrected chi connectivity index (χ0v) is 14.8. The van der Waals surface area contributed by atoms with Crippen LogP contribution in [0.4, 0.5) is 0 Å². The van der Waals surface area contributed by atoms with E-state index >= 15 is 0 Å². The second-order valence-corrected chi connectivity index (χ2v) is 7.89. The highest BCUT2D eigenvalue weighted by molar-refractivity contribution is 9.10. The van der Waals surface area contributed by atoms with Crippen LogP contribution < -0.4 is 5.32 Å². The van der Waals surface area contributed by atoms with Crippen molar-refractivity contribution in [2.75, 3.05) is 26.7 Å². The van der Waals surface area contributed by atoms with Gasteiger partial charge in [0.1, 0.15) is 0 Å². The molecule has 2 rings (SSSR count). The number of likely N-dealkylation sites (tertiary alicyclic amines) is 1. The first-order valence-electron chi connectivity index (χ1n) is 7.53. The van der Waals surface area contributed by atoms with Gasteiger partial charge in [-0.3, -0.25) is 4.90 Å². The molecule has 0 saturated carbocycles. The van der Waals surface area contributed by atoms with Crippen LogP contribution in [-0.2, 0) is 5.41 Å². The molecule has 0 radical (unpaired) electrons. The Morgan fingerprint density at radius 1 is 1.15 bits per heavy atom. The summed E-state index contributed by atoms with van der Waals surface area (Å²) in [6.45, 7) is 10.4. The molecule has 112 valence electrons. The van der Waals surface area contributed by atoms with Gasteiger partial charge in [-0.1, -0.05) is 28.1 Å². The summed E-state index contributed by atoms with van der Waals surface area (Å²) in [5, 5.41) is 3.41. The molecule has 1 fully saturated rings. The van der Waals surface area contributed by atoms with E-state index in [0.29, 0.717) is 0 Å². The third kappa shape index (κ3) is 3.44. The Bertz CT molecular complexity index is 425. The summed E-state index contributed by atoms with van der Waals surface area (Å²) in [5.41, 5.74) is 2.05. The quantitative estimate of drug-likeness (QED) is 0.901. The lowest BCUT2D eigenvalue weighted by atomic mass is 9.72. The molecule has 0 spiro atoms. The molecular weight excluding hydrogens is 312 g/mol. The standard InChI is InChI=1S/C17H27BrN2/c1-16(2,3)20-11-9-17(10-12-20,13-19-4)14-5-7-15(18)8-6-14/h5-8,19H,9-13H2,1-4H3. The topological polar surface area (TPSA) is 15.3 Å². The zero-order valence-electron chi connectivity index (χ0n) is 13.2. The molecule has 1 aliphatic heterocycles. The Kier molecular flexibility index (Phi) is 4.93. The summed E-state index contributed by atoms with van der Waals surface area (Å²) in [6.07, 6.45) is 2.46. The van der Waals surface area contributed by atoms with Gasteiger partial charge in [0.05, 0.1) is 0 Å². The lowest BCUT2D eigenvalue weighted by molar-refractivity contribution is 0.0742. The van der Waals surface area contributed by atoms with Crippen LogP contribution in [0, 0.1) is 0 Å². The Morgan fingerprint density at radius 2 is 1.70 bits per heavy atom. The van der Waals surface area contributed by atoms with Gasteiger partial charge in [-0.25, -0.2) is 0 Å². The van der Waals surface area contributed by atoms with Crippen molar-refractivity contribution in [1.82, 2.24) is 10.2 Å². The maximum absolute atomic E-state index is 3.54. The summed E-state index contributed by atoms with van der Waals surface area (Å²) in [6, 6.07) is 8.91. The monoisotopic (exact) mass is 338 g/mol. The highest BCUT2D eigenvalue weighted by atomic mass is 79.9. The Balaban J connectivity index is 2.19. The minimum atomic E-state index is 0.283. The minimum absolute atomic E-state index is 0.283. The van der Waals surface area contributed by atoms with E-state index in [1.54, 1.807) is 0 Å². The Hall–Kier alpha value is -0.380. The molecular formula is C17H27BrN2. The van der Waals surface area contributed by atoms with Crippen molar-refractivity contribution in [2.24, 2.45) is 0 Å². The van der Waals surface area contributed by atoms with E-state index in [0.717, 1.165) is 11.0 Å². The Labute approximate surface area is 132 Å². The average molecular weight is 339 g/mol. The first-order valence-corrected chi connectivity index (χ1v) is 8.32. The van der Waals surface area contributed by atoms with E-state index in [-0.39, 0.29) is 11.0 Å². The predicted molar refractivity (Wildman–Crippen MR) is 90.3 cm³/mol. The lowest BCUT2D eigenvalue weighted by Crippen LogP contribution is -2.52. The fourth-order valence-electron chi connectivity index (χ4n) is 3.31. The van der Waals surface area contributed by atoms with E-state index in [1.165, 1.54) is 31.5 Å². The molecule has 1 aromatic carbocycles. The smallest absolute Gasteiger partial charge is 0.0175 e. The van der Waals surface area contributed by atoms with E-state index in [9.17, 15) is 0 Å². The number of rotatable bonds is 3. The molecule has 1 aliphatic rings. The molecule has 1 N–H and O–H groups in total. The third-order valence-corrected chi connectivity index (χ3v) is 5.17. The van der Waals surface area contributed by atoms with Crippen LogP contribution in [0.25, 0.3) is 0 Å². The first kappa shape index (κ1) is 16.0. The maximum atomic E-state index is 3.54. The zero-order chi connectivity index (χ0) is 14.8. The maximum Gasteiger partial charge on any atom is 0.0175 e. The summed E-state index contributed by atoms with van der Waals surface area (Å²) in [5.74, 6) is 0. The number of hydrogen-bond acceptors (Lipinski definition) is 2. The van der Waals surface area contributed by atoms with Crippen LogP contribution >= 0.6 is 15.9 Å². The highest BCUT2D eigenvalue weighted by Crippen LogP contribution is 2.37. The second kappa shape index (κ2) is 6.17. The van der Waals surface area contributed by atoms with Gasteiger partial charge >= 0.3 is 0 Å². The largest absolute Gasteiger partial charge is 0.319 e. The van der Waals surface area contributed by atoms with Crippen molar-refractivity contribution in [3.63, 3.8) is 0 Å². The minimum Gasteiger partial charge on any atom is -0.319 e. The van der Waals surface area contributed by atoms with E-state index < -0.39 is 0 Å². The molecule has 0 unspecified atom stereocenters. The molecule has 0 bridgehead atoms. The summed E-state index contributed by atoms with van der Waals surface area (Å²) < 4.78 is 1.16. The first-order chi connectivity index (χ1) is 9.37. The van der Waals surface area contributed by atoms with Crippen molar-refractivity contribution in [1.29, 1.82) is 0 Å². The van der Waals surface area contributed by atoms with Crippen molar-refractivity contribution in [2.45, 2.75) is 44.6 Å². The van der Waals surface area contributed by atoms with Crippen molar-refractivity contribution < 1.29 is 0 Å².